The molecule has 1 aliphatic heterocycles. The number of nitrogens with one attached hydrogen (secondary N) is 1. The van der Waals surface area contributed by atoms with Gasteiger partial charge in [-0.2, -0.15) is 0 Å². The lowest BCUT2D eigenvalue weighted by molar-refractivity contribution is -0.121. The van der Waals surface area contributed by atoms with Gasteiger partial charge in [-0.05, 0) is 43.3 Å². The zero-order chi connectivity index (χ0) is 16.4. The van der Waals surface area contributed by atoms with Crippen LogP contribution in [0.5, 0.6) is 5.75 Å². The zero-order valence-corrected chi connectivity index (χ0v) is 13.3. The molecule has 3 rings (SSSR count). The smallest absolute Gasteiger partial charge is 0.265 e. The SMILES string of the molecule is CCN1C(=O)COc2ccc(NC(=O)c3cccc(Cl)c3)cc21. The number of nitrogens with zero attached hydrogens (tertiary/aromatic N) is 1. The number of anilines is 2. The van der Waals surface area contributed by atoms with Crippen LogP contribution in [0.15, 0.2) is 42.5 Å². The van der Waals surface area contributed by atoms with Gasteiger partial charge < -0.3 is 15.0 Å². The highest BCUT2D eigenvalue weighted by Crippen LogP contribution is 2.34. The van der Waals surface area contributed by atoms with Gasteiger partial charge in [0, 0.05) is 22.8 Å². The molecule has 1 N–H and O–H groups in total. The fourth-order valence-corrected chi connectivity index (χ4v) is 2.65. The summed E-state index contributed by atoms with van der Waals surface area (Å²) in [6, 6.07) is 11.9. The van der Waals surface area contributed by atoms with E-state index < -0.39 is 0 Å². The number of halogens is 1. The van der Waals surface area contributed by atoms with Crippen molar-refractivity contribution in [1.29, 1.82) is 0 Å². The molecule has 0 aromatic heterocycles. The molecule has 6 heteroatoms. The predicted molar refractivity (Wildman–Crippen MR) is 89.4 cm³/mol. The number of rotatable bonds is 3. The molecule has 2 aromatic carbocycles. The van der Waals surface area contributed by atoms with E-state index in [0.717, 1.165) is 0 Å². The second-order valence-corrected chi connectivity index (χ2v) is 5.51. The second-order valence-electron chi connectivity index (χ2n) is 5.07. The van der Waals surface area contributed by atoms with Crippen LogP contribution in [-0.2, 0) is 4.79 Å². The standard InChI is InChI=1S/C17H15ClN2O3/c1-2-20-14-9-13(6-7-15(14)23-10-16(20)21)19-17(22)11-4-3-5-12(18)8-11/h3-9H,2,10H2,1H3,(H,19,22). The molecule has 0 fully saturated rings. The Hall–Kier alpha value is -2.53. The average molecular weight is 331 g/mol. The number of amides is 2. The van der Waals surface area contributed by atoms with E-state index >= 15 is 0 Å². The summed E-state index contributed by atoms with van der Waals surface area (Å²) in [5.41, 5.74) is 1.72. The molecule has 0 atom stereocenters. The largest absolute Gasteiger partial charge is 0.482 e. The lowest BCUT2D eigenvalue weighted by Gasteiger charge is -2.28. The van der Waals surface area contributed by atoms with Crippen LogP contribution in [0.4, 0.5) is 11.4 Å². The van der Waals surface area contributed by atoms with Crippen LogP contribution < -0.4 is 15.0 Å². The van der Waals surface area contributed by atoms with E-state index in [4.69, 9.17) is 16.3 Å². The van der Waals surface area contributed by atoms with Crippen LogP contribution in [0, 0.1) is 0 Å². The van der Waals surface area contributed by atoms with Gasteiger partial charge in [-0.25, -0.2) is 0 Å². The van der Waals surface area contributed by atoms with E-state index in [9.17, 15) is 9.59 Å². The Kier molecular flexibility index (Phi) is 4.21. The van der Waals surface area contributed by atoms with Gasteiger partial charge in [0.05, 0.1) is 5.69 Å². The van der Waals surface area contributed by atoms with E-state index in [0.29, 0.717) is 34.3 Å². The third-order valence-corrected chi connectivity index (χ3v) is 3.80. The minimum Gasteiger partial charge on any atom is -0.482 e. The van der Waals surface area contributed by atoms with Gasteiger partial charge in [0.25, 0.3) is 11.8 Å². The number of carbonyl (C=O) groups excluding carboxylic acids is 2. The summed E-state index contributed by atoms with van der Waals surface area (Å²) >= 11 is 5.90. The molecular weight excluding hydrogens is 316 g/mol. The first-order valence-corrected chi connectivity index (χ1v) is 7.60. The zero-order valence-electron chi connectivity index (χ0n) is 12.5. The van der Waals surface area contributed by atoms with Crippen molar-refractivity contribution in [3.63, 3.8) is 0 Å². The van der Waals surface area contributed by atoms with Crippen molar-refractivity contribution in [2.24, 2.45) is 0 Å². The minimum absolute atomic E-state index is 0.0368. The third kappa shape index (κ3) is 3.14. The first-order chi connectivity index (χ1) is 11.1. The molecule has 0 radical (unpaired) electrons. The van der Waals surface area contributed by atoms with Gasteiger partial charge in [-0.1, -0.05) is 17.7 Å². The Labute approximate surface area is 138 Å². The molecule has 5 nitrogen and oxygen atoms in total. The summed E-state index contributed by atoms with van der Waals surface area (Å²) in [5.74, 6) is 0.268. The maximum Gasteiger partial charge on any atom is 0.265 e. The van der Waals surface area contributed by atoms with Crippen LogP contribution in [0.3, 0.4) is 0 Å². The van der Waals surface area contributed by atoms with Crippen molar-refractivity contribution >= 4 is 34.8 Å². The van der Waals surface area contributed by atoms with E-state index in [1.807, 2.05) is 6.92 Å². The van der Waals surface area contributed by atoms with Gasteiger partial charge >= 0.3 is 0 Å². The Balaban J connectivity index is 1.86. The fraction of sp³-hybridized carbons (Fsp3) is 0.176. The lowest BCUT2D eigenvalue weighted by atomic mass is 10.2. The number of benzene rings is 2. The van der Waals surface area contributed by atoms with E-state index in [-0.39, 0.29) is 18.4 Å². The van der Waals surface area contributed by atoms with Gasteiger partial charge in [-0.3, -0.25) is 9.59 Å². The van der Waals surface area contributed by atoms with E-state index in [1.54, 1.807) is 47.4 Å². The quantitative estimate of drug-likeness (QED) is 0.939. The highest BCUT2D eigenvalue weighted by atomic mass is 35.5. The summed E-state index contributed by atoms with van der Waals surface area (Å²) in [4.78, 5) is 25.8. The predicted octanol–water partition coefficient (Wildman–Crippen LogP) is 3.34. The minimum atomic E-state index is -0.265. The van der Waals surface area contributed by atoms with Gasteiger partial charge in [-0.15, -0.1) is 0 Å². The van der Waals surface area contributed by atoms with Gasteiger partial charge in [0.15, 0.2) is 6.61 Å². The maximum absolute atomic E-state index is 12.3. The first-order valence-electron chi connectivity index (χ1n) is 7.22. The molecule has 0 aliphatic carbocycles. The maximum atomic E-state index is 12.3. The number of hydrogen-bond acceptors (Lipinski definition) is 3. The molecule has 0 bridgehead atoms. The van der Waals surface area contributed by atoms with Crippen LogP contribution in [-0.4, -0.2) is 25.0 Å². The Morgan fingerprint density at radius 1 is 1.30 bits per heavy atom. The Bertz CT molecular complexity index is 776. The monoisotopic (exact) mass is 330 g/mol. The van der Waals surface area contributed by atoms with Crippen LogP contribution in [0.1, 0.15) is 17.3 Å². The van der Waals surface area contributed by atoms with Crippen molar-refractivity contribution in [3.8, 4) is 5.75 Å². The molecule has 2 aromatic rings. The topological polar surface area (TPSA) is 58.6 Å². The fourth-order valence-electron chi connectivity index (χ4n) is 2.46. The summed E-state index contributed by atoms with van der Waals surface area (Å²) in [7, 11) is 0. The van der Waals surface area contributed by atoms with Crippen molar-refractivity contribution < 1.29 is 14.3 Å². The molecule has 0 spiro atoms. The van der Waals surface area contributed by atoms with Gasteiger partial charge in [0.2, 0.25) is 0 Å². The Morgan fingerprint density at radius 2 is 2.13 bits per heavy atom. The van der Waals surface area contributed by atoms with E-state index in [2.05, 4.69) is 5.32 Å². The van der Waals surface area contributed by atoms with Gasteiger partial charge in [0.1, 0.15) is 5.75 Å². The van der Waals surface area contributed by atoms with Crippen molar-refractivity contribution in [1.82, 2.24) is 0 Å². The molecule has 1 heterocycles. The highest BCUT2D eigenvalue weighted by Gasteiger charge is 2.24. The van der Waals surface area contributed by atoms with Crippen molar-refractivity contribution in [2.75, 3.05) is 23.4 Å². The number of hydrogen-bond donors (Lipinski definition) is 1. The second kappa shape index (κ2) is 6.30. The first kappa shape index (κ1) is 15.4. The Morgan fingerprint density at radius 3 is 2.87 bits per heavy atom. The molecular formula is C17H15ClN2O3. The number of likely N-dealkylation sites (N-methyl/N-ethyl adjacent to an activating group) is 1. The molecule has 0 unspecified atom stereocenters. The van der Waals surface area contributed by atoms with Crippen molar-refractivity contribution in [3.05, 3.63) is 53.1 Å². The molecule has 23 heavy (non-hydrogen) atoms. The lowest BCUT2D eigenvalue weighted by Crippen LogP contribution is -2.38. The molecule has 0 saturated heterocycles. The summed E-state index contributed by atoms with van der Waals surface area (Å²) in [6.45, 7) is 2.47. The normalized spacial score (nSPS) is 13.3. The van der Waals surface area contributed by atoms with E-state index in [1.165, 1.54) is 0 Å². The van der Waals surface area contributed by atoms with Crippen LogP contribution >= 0.6 is 11.6 Å². The molecule has 0 saturated carbocycles. The summed E-state index contributed by atoms with van der Waals surface area (Å²) in [6.07, 6.45) is 0. The van der Waals surface area contributed by atoms with Crippen LogP contribution in [0.25, 0.3) is 0 Å². The number of ether oxygens (including phenoxy) is 1. The number of fused-ring (bicyclic) bond motifs is 1. The highest BCUT2D eigenvalue weighted by molar-refractivity contribution is 6.31. The average Bonchev–Trinajstić information content (AvgIpc) is 2.54. The molecule has 2 amide bonds. The summed E-state index contributed by atoms with van der Waals surface area (Å²) in [5, 5.41) is 3.30. The van der Waals surface area contributed by atoms with Crippen molar-refractivity contribution in [2.45, 2.75) is 6.92 Å². The third-order valence-electron chi connectivity index (χ3n) is 3.56. The van der Waals surface area contributed by atoms with Crippen LogP contribution in [0.2, 0.25) is 5.02 Å². The summed E-state index contributed by atoms with van der Waals surface area (Å²) < 4.78 is 5.41. The molecule has 1 aliphatic rings. The number of carbonyl (C=O) groups is 2. The molecule has 118 valence electrons.